The van der Waals surface area contributed by atoms with Crippen LogP contribution in [0.2, 0.25) is 5.02 Å². The molecule has 0 aromatic heterocycles. The molecule has 0 bridgehead atoms. The number of carbonyl (C=O) groups is 1. The highest BCUT2D eigenvalue weighted by atomic mass is 35.5. The van der Waals surface area contributed by atoms with Crippen molar-refractivity contribution in [1.82, 2.24) is 5.32 Å². The molecule has 0 aliphatic rings. The predicted molar refractivity (Wildman–Crippen MR) is 65.7 cm³/mol. The van der Waals surface area contributed by atoms with Crippen molar-refractivity contribution in [2.75, 3.05) is 6.54 Å². The first kappa shape index (κ1) is 14.0. The standard InChI is InChI=1S/C12H16ClNO3/c1-8(15)14-7-6-11(16)12(17)9-2-4-10(13)5-3-9/h2-5,11-12,16-17H,6-7H2,1H3,(H,14,15). The number of benzene rings is 1. The molecule has 1 aromatic rings. The van der Waals surface area contributed by atoms with Crippen LogP contribution >= 0.6 is 11.6 Å². The summed E-state index contributed by atoms with van der Waals surface area (Å²) in [6.07, 6.45) is -1.59. The van der Waals surface area contributed by atoms with E-state index in [-0.39, 0.29) is 5.91 Å². The van der Waals surface area contributed by atoms with Crippen LogP contribution in [0.4, 0.5) is 0 Å². The van der Waals surface area contributed by atoms with Gasteiger partial charge in [0.25, 0.3) is 0 Å². The summed E-state index contributed by atoms with van der Waals surface area (Å²) in [6.45, 7) is 1.74. The summed E-state index contributed by atoms with van der Waals surface area (Å²) in [4.78, 5) is 10.6. The van der Waals surface area contributed by atoms with Gasteiger partial charge >= 0.3 is 0 Å². The second kappa shape index (κ2) is 6.59. The van der Waals surface area contributed by atoms with Gasteiger partial charge in [-0.3, -0.25) is 4.79 Å². The number of hydrogen-bond donors (Lipinski definition) is 3. The van der Waals surface area contributed by atoms with Gasteiger partial charge in [-0.15, -0.1) is 0 Å². The van der Waals surface area contributed by atoms with Crippen molar-refractivity contribution < 1.29 is 15.0 Å². The molecule has 4 nitrogen and oxygen atoms in total. The monoisotopic (exact) mass is 257 g/mol. The van der Waals surface area contributed by atoms with Crippen molar-refractivity contribution in [3.05, 3.63) is 34.9 Å². The van der Waals surface area contributed by atoms with Crippen molar-refractivity contribution >= 4 is 17.5 Å². The zero-order chi connectivity index (χ0) is 12.8. The van der Waals surface area contributed by atoms with Gasteiger partial charge < -0.3 is 15.5 Å². The Morgan fingerprint density at radius 1 is 1.35 bits per heavy atom. The second-order valence-corrected chi connectivity index (χ2v) is 4.27. The molecule has 0 aliphatic heterocycles. The molecule has 2 atom stereocenters. The second-order valence-electron chi connectivity index (χ2n) is 3.84. The van der Waals surface area contributed by atoms with Gasteiger partial charge in [0.2, 0.25) is 5.91 Å². The van der Waals surface area contributed by atoms with Crippen LogP contribution in [0, 0.1) is 0 Å². The van der Waals surface area contributed by atoms with Gasteiger partial charge in [0.05, 0.1) is 6.10 Å². The minimum atomic E-state index is -0.971. The lowest BCUT2D eigenvalue weighted by atomic mass is 10.0. The zero-order valence-corrected chi connectivity index (χ0v) is 10.3. The van der Waals surface area contributed by atoms with E-state index in [4.69, 9.17) is 11.6 Å². The Balaban J connectivity index is 2.48. The van der Waals surface area contributed by atoms with Crippen molar-refractivity contribution in [2.45, 2.75) is 25.6 Å². The Labute approximate surface area is 105 Å². The lowest BCUT2D eigenvalue weighted by molar-refractivity contribution is -0.119. The first-order chi connectivity index (χ1) is 8.00. The highest BCUT2D eigenvalue weighted by Gasteiger charge is 2.17. The highest BCUT2D eigenvalue weighted by molar-refractivity contribution is 6.30. The Morgan fingerprint density at radius 3 is 2.47 bits per heavy atom. The number of aliphatic hydroxyl groups is 2. The van der Waals surface area contributed by atoms with E-state index in [1.165, 1.54) is 6.92 Å². The van der Waals surface area contributed by atoms with Crippen LogP contribution in [0.5, 0.6) is 0 Å². The first-order valence-corrected chi connectivity index (χ1v) is 5.74. The molecule has 0 aliphatic carbocycles. The van der Waals surface area contributed by atoms with Gasteiger partial charge in [0, 0.05) is 18.5 Å². The van der Waals surface area contributed by atoms with Crippen LogP contribution in [0.1, 0.15) is 25.0 Å². The fraction of sp³-hybridized carbons (Fsp3) is 0.417. The molecule has 1 aromatic carbocycles. The number of hydrogen-bond acceptors (Lipinski definition) is 3. The molecule has 0 fully saturated rings. The summed E-state index contributed by atoms with van der Waals surface area (Å²) in [5.74, 6) is -0.154. The lowest BCUT2D eigenvalue weighted by Crippen LogP contribution is -2.27. The van der Waals surface area contributed by atoms with E-state index < -0.39 is 12.2 Å². The summed E-state index contributed by atoms with van der Waals surface area (Å²) in [5.41, 5.74) is 0.602. The molecule has 1 rings (SSSR count). The summed E-state index contributed by atoms with van der Waals surface area (Å²) in [6, 6.07) is 6.63. The summed E-state index contributed by atoms with van der Waals surface area (Å²) in [7, 11) is 0. The Kier molecular flexibility index (Phi) is 5.41. The smallest absolute Gasteiger partial charge is 0.216 e. The minimum Gasteiger partial charge on any atom is -0.390 e. The molecule has 0 radical (unpaired) electrons. The maximum atomic E-state index is 10.6. The number of amides is 1. The summed E-state index contributed by atoms with van der Waals surface area (Å²) in [5, 5.41) is 22.7. The molecule has 0 saturated heterocycles. The van der Waals surface area contributed by atoms with Gasteiger partial charge in [-0.1, -0.05) is 23.7 Å². The van der Waals surface area contributed by atoms with Gasteiger partial charge in [0.1, 0.15) is 6.10 Å². The molecule has 5 heteroatoms. The van der Waals surface area contributed by atoms with Crippen molar-refractivity contribution in [1.29, 1.82) is 0 Å². The van der Waals surface area contributed by atoms with Crippen LogP contribution in [0.15, 0.2) is 24.3 Å². The predicted octanol–water partition coefficient (Wildman–Crippen LogP) is 1.26. The SMILES string of the molecule is CC(=O)NCCC(O)C(O)c1ccc(Cl)cc1. The van der Waals surface area contributed by atoms with E-state index in [2.05, 4.69) is 5.32 Å². The van der Waals surface area contributed by atoms with E-state index in [9.17, 15) is 15.0 Å². The first-order valence-electron chi connectivity index (χ1n) is 5.36. The molecule has 0 heterocycles. The van der Waals surface area contributed by atoms with E-state index in [0.717, 1.165) is 0 Å². The Hall–Kier alpha value is -1.10. The molecule has 17 heavy (non-hydrogen) atoms. The number of nitrogens with one attached hydrogen (secondary N) is 1. The molecular weight excluding hydrogens is 242 g/mol. The van der Waals surface area contributed by atoms with Gasteiger partial charge in [-0.25, -0.2) is 0 Å². The van der Waals surface area contributed by atoms with Crippen molar-refractivity contribution in [3.8, 4) is 0 Å². The molecule has 3 N–H and O–H groups in total. The van der Waals surface area contributed by atoms with E-state index >= 15 is 0 Å². The maximum absolute atomic E-state index is 10.6. The minimum absolute atomic E-state index is 0.154. The van der Waals surface area contributed by atoms with Gasteiger partial charge in [-0.2, -0.15) is 0 Å². The van der Waals surface area contributed by atoms with Gasteiger partial charge in [0.15, 0.2) is 0 Å². The van der Waals surface area contributed by atoms with Crippen LogP contribution in [-0.4, -0.2) is 28.8 Å². The normalized spacial score (nSPS) is 14.1. The van der Waals surface area contributed by atoms with E-state index in [1.54, 1.807) is 24.3 Å². The zero-order valence-electron chi connectivity index (χ0n) is 9.56. The topological polar surface area (TPSA) is 69.6 Å². The lowest BCUT2D eigenvalue weighted by Gasteiger charge is -2.18. The van der Waals surface area contributed by atoms with Gasteiger partial charge in [-0.05, 0) is 24.1 Å². The Morgan fingerprint density at radius 2 is 1.94 bits per heavy atom. The molecule has 2 unspecified atom stereocenters. The number of carbonyl (C=O) groups excluding carboxylic acids is 1. The third-order valence-electron chi connectivity index (χ3n) is 2.39. The largest absolute Gasteiger partial charge is 0.390 e. The fourth-order valence-electron chi connectivity index (χ4n) is 1.44. The van der Waals surface area contributed by atoms with Crippen molar-refractivity contribution in [2.24, 2.45) is 0 Å². The van der Waals surface area contributed by atoms with Crippen LogP contribution in [0.25, 0.3) is 0 Å². The summed E-state index contributed by atoms with van der Waals surface area (Å²) >= 11 is 5.72. The fourth-order valence-corrected chi connectivity index (χ4v) is 1.56. The average molecular weight is 258 g/mol. The maximum Gasteiger partial charge on any atom is 0.216 e. The van der Waals surface area contributed by atoms with Crippen LogP contribution in [-0.2, 0) is 4.79 Å². The summed E-state index contributed by atoms with van der Waals surface area (Å²) < 4.78 is 0. The number of rotatable bonds is 5. The van der Waals surface area contributed by atoms with E-state index in [0.29, 0.717) is 23.6 Å². The molecule has 94 valence electrons. The molecule has 0 saturated carbocycles. The molecular formula is C12H16ClNO3. The average Bonchev–Trinajstić information content (AvgIpc) is 2.28. The number of halogens is 1. The number of aliphatic hydroxyl groups excluding tert-OH is 2. The Bertz CT molecular complexity index is 367. The molecule has 1 amide bonds. The molecule has 0 spiro atoms. The van der Waals surface area contributed by atoms with Crippen LogP contribution in [0.3, 0.4) is 0 Å². The highest BCUT2D eigenvalue weighted by Crippen LogP contribution is 2.20. The third kappa shape index (κ3) is 4.73. The van der Waals surface area contributed by atoms with Crippen molar-refractivity contribution in [3.63, 3.8) is 0 Å². The third-order valence-corrected chi connectivity index (χ3v) is 2.64. The van der Waals surface area contributed by atoms with Crippen LogP contribution < -0.4 is 5.32 Å². The van der Waals surface area contributed by atoms with E-state index in [1.807, 2.05) is 0 Å². The quantitative estimate of drug-likeness (QED) is 0.744.